The quantitative estimate of drug-likeness (QED) is 0.237. The van der Waals surface area contributed by atoms with Gasteiger partial charge in [-0.3, -0.25) is 9.78 Å². The van der Waals surface area contributed by atoms with Crippen molar-refractivity contribution >= 4 is 28.2 Å². The molecular formula is C29H40N4O4. The number of pyridine rings is 1. The summed E-state index contributed by atoms with van der Waals surface area (Å²) in [6, 6.07) is 10.0. The number of aliphatic hydroxyl groups excluding tert-OH is 1. The van der Waals surface area contributed by atoms with E-state index in [4.69, 9.17) is 15.2 Å². The lowest BCUT2D eigenvalue weighted by molar-refractivity contribution is -0.117. The number of nitrogens with one attached hydrogen (secondary N) is 2. The maximum absolute atomic E-state index is 11.9. The number of amides is 1. The molecule has 0 bridgehead atoms. The molecule has 1 unspecified atom stereocenters. The molecule has 8 heteroatoms. The fraction of sp³-hybridized carbons (Fsp3) is 0.448. The summed E-state index contributed by atoms with van der Waals surface area (Å²) in [4.78, 5) is 16.5. The first kappa shape index (κ1) is 28.2. The van der Waals surface area contributed by atoms with Crippen LogP contribution in [0.5, 0.6) is 11.5 Å². The van der Waals surface area contributed by atoms with E-state index in [1.54, 1.807) is 6.20 Å². The van der Waals surface area contributed by atoms with Crippen LogP contribution in [0, 0.1) is 0 Å². The number of nitrogens with two attached hydrogens (primary N) is 1. The number of primary amides is 1. The van der Waals surface area contributed by atoms with Gasteiger partial charge < -0.3 is 30.9 Å². The second kappa shape index (κ2) is 13.8. The molecule has 0 radical (unpaired) electrons. The smallest absolute Gasteiger partial charge is 0.221 e. The predicted octanol–water partition coefficient (Wildman–Crippen LogP) is 4.62. The minimum atomic E-state index is -0.431. The zero-order valence-electron chi connectivity index (χ0n) is 22.4. The highest BCUT2D eigenvalue weighted by atomic mass is 16.5. The summed E-state index contributed by atoms with van der Waals surface area (Å²) in [6.45, 7) is 9.85. The molecule has 200 valence electrons. The summed E-state index contributed by atoms with van der Waals surface area (Å²) < 4.78 is 11.7. The van der Waals surface area contributed by atoms with Crippen molar-refractivity contribution < 1.29 is 19.4 Å². The molecule has 0 aliphatic heterocycles. The van der Waals surface area contributed by atoms with E-state index in [2.05, 4.69) is 35.5 Å². The van der Waals surface area contributed by atoms with Gasteiger partial charge in [-0.2, -0.15) is 0 Å². The van der Waals surface area contributed by atoms with Gasteiger partial charge in [-0.15, -0.1) is 0 Å². The third kappa shape index (κ3) is 7.11. The minimum absolute atomic E-state index is 0.0559. The molecule has 1 atom stereocenters. The molecule has 8 nitrogen and oxygen atoms in total. The van der Waals surface area contributed by atoms with E-state index >= 15 is 0 Å². The number of fused-ring (bicyclic) bond motifs is 1. The number of ether oxygens (including phenoxy) is 2. The molecule has 1 amide bonds. The number of hydrogen-bond donors (Lipinski definition) is 4. The number of rotatable bonds is 15. The van der Waals surface area contributed by atoms with E-state index in [0.717, 1.165) is 52.7 Å². The van der Waals surface area contributed by atoms with E-state index in [1.807, 2.05) is 38.1 Å². The molecule has 3 rings (SSSR count). The molecule has 1 heterocycles. The number of carbonyl (C=O) groups excluding carboxylic acids is 1. The summed E-state index contributed by atoms with van der Waals surface area (Å²) in [5.74, 6) is 0.822. The zero-order chi connectivity index (χ0) is 26.8. The summed E-state index contributed by atoms with van der Waals surface area (Å²) in [5.41, 5.74) is 11.1. The number of carbonyl (C=O) groups is 1. The van der Waals surface area contributed by atoms with Crippen molar-refractivity contribution in [1.29, 1.82) is 0 Å². The monoisotopic (exact) mass is 508 g/mol. The van der Waals surface area contributed by atoms with Gasteiger partial charge in [-0.05, 0) is 49.9 Å². The number of benzene rings is 2. The SMILES string of the molecule is CCCC(CO)NCc1cccc(Nc2c(CC(N)=O)cnc3cc(OCC)c(OCC)cc23)c1CC. The average molecular weight is 509 g/mol. The van der Waals surface area contributed by atoms with Gasteiger partial charge in [-0.25, -0.2) is 0 Å². The number of aromatic nitrogens is 1. The van der Waals surface area contributed by atoms with Crippen LogP contribution in [-0.2, 0) is 24.2 Å². The van der Waals surface area contributed by atoms with Crippen LogP contribution in [-0.4, -0.2) is 41.9 Å². The van der Waals surface area contributed by atoms with Crippen LogP contribution in [0.4, 0.5) is 11.4 Å². The van der Waals surface area contributed by atoms with Crippen LogP contribution in [0.2, 0.25) is 0 Å². The van der Waals surface area contributed by atoms with Crippen molar-refractivity contribution in [3.05, 3.63) is 53.2 Å². The van der Waals surface area contributed by atoms with E-state index in [0.29, 0.717) is 36.8 Å². The van der Waals surface area contributed by atoms with Crippen LogP contribution < -0.4 is 25.8 Å². The number of aliphatic hydroxyl groups is 1. The van der Waals surface area contributed by atoms with Crippen molar-refractivity contribution in [3.8, 4) is 11.5 Å². The molecule has 0 spiro atoms. The van der Waals surface area contributed by atoms with Crippen molar-refractivity contribution in [2.45, 2.75) is 66.0 Å². The first-order chi connectivity index (χ1) is 17.9. The number of nitrogens with zero attached hydrogens (tertiary/aromatic N) is 1. The lowest BCUT2D eigenvalue weighted by Crippen LogP contribution is -2.32. The van der Waals surface area contributed by atoms with Crippen LogP contribution in [0.15, 0.2) is 36.5 Å². The first-order valence-corrected chi connectivity index (χ1v) is 13.2. The maximum Gasteiger partial charge on any atom is 0.221 e. The Bertz CT molecular complexity index is 1200. The van der Waals surface area contributed by atoms with Gasteiger partial charge in [0.2, 0.25) is 5.91 Å². The Morgan fingerprint density at radius 1 is 1.08 bits per heavy atom. The summed E-state index contributed by atoms with van der Waals surface area (Å²) in [7, 11) is 0. The fourth-order valence-electron chi connectivity index (χ4n) is 4.58. The lowest BCUT2D eigenvalue weighted by Gasteiger charge is -2.21. The zero-order valence-corrected chi connectivity index (χ0v) is 22.4. The topological polar surface area (TPSA) is 119 Å². The summed E-state index contributed by atoms with van der Waals surface area (Å²) >= 11 is 0. The second-order valence-corrected chi connectivity index (χ2v) is 8.95. The molecule has 0 saturated heterocycles. The Hall–Kier alpha value is -3.36. The number of anilines is 2. The Morgan fingerprint density at radius 3 is 2.43 bits per heavy atom. The summed E-state index contributed by atoms with van der Waals surface area (Å²) in [5, 5.41) is 17.6. The Kier molecular flexibility index (Phi) is 10.5. The van der Waals surface area contributed by atoms with Crippen molar-refractivity contribution in [2.24, 2.45) is 5.73 Å². The first-order valence-electron chi connectivity index (χ1n) is 13.2. The van der Waals surface area contributed by atoms with E-state index < -0.39 is 5.91 Å². The molecule has 37 heavy (non-hydrogen) atoms. The molecule has 1 aromatic heterocycles. The molecule has 0 fully saturated rings. The lowest BCUT2D eigenvalue weighted by atomic mass is 10.0. The Labute approximate surface area is 219 Å². The molecule has 0 aliphatic rings. The second-order valence-electron chi connectivity index (χ2n) is 8.95. The van der Waals surface area contributed by atoms with Gasteiger partial charge in [0.25, 0.3) is 0 Å². The van der Waals surface area contributed by atoms with E-state index in [1.165, 1.54) is 0 Å². The predicted molar refractivity (Wildman–Crippen MR) is 149 cm³/mol. The van der Waals surface area contributed by atoms with Crippen LogP contribution in [0.25, 0.3) is 10.9 Å². The highest BCUT2D eigenvalue weighted by molar-refractivity contribution is 5.98. The highest BCUT2D eigenvalue weighted by Crippen LogP contribution is 2.38. The molecule has 5 N–H and O–H groups in total. The van der Waals surface area contributed by atoms with Crippen LogP contribution in [0.1, 0.15) is 57.2 Å². The van der Waals surface area contributed by atoms with Crippen molar-refractivity contribution in [1.82, 2.24) is 10.3 Å². The van der Waals surface area contributed by atoms with Crippen LogP contribution >= 0.6 is 0 Å². The van der Waals surface area contributed by atoms with E-state index in [-0.39, 0.29) is 19.1 Å². The molecule has 0 aliphatic carbocycles. The third-order valence-electron chi connectivity index (χ3n) is 6.30. The van der Waals surface area contributed by atoms with Crippen LogP contribution in [0.3, 0.4) is 0 Å². The molecule has 0 saturated carbocycles. The van der Waals surface area contributed by atoms with Gasteiger partial charge in [0, 0.05) is 41.5 Å². The third-order valence-corrected chi connectivity index (χ3v) is 6.30. The largest absolute Gasteiger partial charge is 0.490 e. The van der Waals surface area contributed by atoms with Gasteiger partial charge in [0.1, 0.15) is 0 Å². The van der Waals surface area contributed by atoms with Crippen molar-refractivity contribution in [2.75, 3.05) is 25.1 Å². The van der Waals surface area contributed by atoms with Gasteiger partial charge in [-0.1, -0.05) is 32.4 Å². The standard InChI is InChI=1S/C29H40N4O4/c1-5-10-21(18-34)31-16-19-11-9-12-24(22(19)6-2)33-29-20(13-28(30)35)17-32-25-15-27(37-8-4)26(36-7-3)14-23(25)29/h9,11-12,14-15,17,21,31,34H,5-8,10,13,16,18H2,1-4H3,(H2,30,35)(H,32,33). The van der Waals surface area contributed by atoms with Gasteiger partial charge in [0.05, 0.1) is 37.4 Å². The van der Waals surface area contributed by atoms with Gasteiger partial charge in [0.15, 0.2) is 11.5 Å². The highest BCUT2D eigenvalue weighted by Gasteiger charge is 2.18. The van der Waals surface area contributed by atoms with E-state index in [9.17, 15) is 9.90 Å². The maximum atomic E-state index is 11.9. The minimum Gasteiger partial charge on any atom is -0.490 e. The molecular weight excluding hydrogens is 468 g/mol. The number of hydrogen-bond acceptors (Lipinski definition) is 7. The molecule has 3 aromatic rings. The Morgan fingerprint density at radius 2 is 1.81 bits per heavy atom. The molecule has 2 aromatic carbocycles. The fourth-order valence-corrected chi connectivity index (χ4v) is 4.58. The average Bonchev–Trinajstić information content (AvgIpc) is 2.88. The van der Waals surface area contributed by atoms with Crippen molar-refractivity contribution in [3.63, 3.8) is 0 Å². The summed E-state index contributed by atoms with van der Waals surface area (Å²) in [6.07, 6.45) is 4.48. The normalized spacial score (nSPS) is 11.9. The van der Waals surface area contributed by atoms with Gasteiger partial charge >= 0.3 is 0 Å². The Balaban J connectivity index is 2.09.